The molecule has 0 radical (unpaired) electrons. The highest BCUT2D eigenvalue weighted by atomic mass is 16.2. The number of anilines is 2. The van der Waals surface area contributed by atoms with Gasteiger partial charge in [0.1, 0.15) is 28.7 Å². The van der Waals surface area contributed by atoms with Crippen molar-refractivity contribution in [1.82, 2.24) is 24.7 Å². The molecule has 0 aliphatic heterocycles. The molecule has 196 valence electrons. The van der Waals surface area contributed by atoms with Crippen LogP contribution in [0.25, 0.3) is 21.6 Å². The van der Waals surface area contributed by atoms with E-state index in [2.05, 4.69) is 25.4 Å². The SMILES string of the molecule is [C-]#[N+]CC(=O)NC12CCC(c3nc(-c4ccc(C(=O)Nc5cc(C)ccn5)cc4)c4c(N)nccn34)(CC1)C2. The lowest BCUT2D eigenvalue weighted by Crippen LogP contribution is -2.45. The van der Waals surface area contributed by atoms with Crippen molar-refractivity contribution in [2.24, 2.45) is 0 Å². The molecule has 2 aliphatic rings. The number of rotatable bonds is 6. The third-order valence-electron chi connectivity index (χ3n) is 8.10. The number of nitrogens with one attached hydrogen (secondary N) is 2. The summed E-state index contributed by atoms with van der Waals surface area (Å²) in [5.41, 5.74) is 9.64. The lowest BCUT2D eigenvalue weighted by atomic mass is 9.83. The number of carbonyl (C=O) groups excluding carboxylic acids is 2. The Morgan fingerprint density at radius 2 is 1.87 bits per heavy atom. The third kappa shape index (κ3) is 4.26. The molecule has 6 rings (SSSR count). The van der Waals surface area contributed by atoms with Gasteiger partial charge in [0.25, 0.3) is 12.5 Å². The van der Waals surface area contributed by atoms with Crippen LogP contribution in [0.2, 0.25) is 0 Å². The lowest BCUT2D eigenvalue weighted by molar-refractivity contribution is -0.121. The van der Waals surface area contributed by atoms with Gasteiger partial charge in [-0.1, -0.05) is 12.1 Å². The number of benzene rings is 1. The summed E-state index contributed by atoms with van der Waals surface area (Å²) in [6.07, 6.45) is 9.47. The summed E-state index contributed by atoms with van der Waals surface area (Å²) in [4.78, 5) is 42.0. The highest BCUT2D eigenvalue weighted by molar-refractivity contribution is 6.04. The van der Waals surface area contributed by atoms with E-state index in [1.54, 1.807) is 24.5 Å². The molecule has 10 nitrogen and oxygen atoms in total. The second kappa shape index (κ2) is 9.20. The summed E-state index contributed by atoms with van der Waals surface area (Å²) in [7, 11) is 0. The summed E-state index contributed by atoms with van der Waals surface area (Å²) in [5, 5.41) is 5.98. The Bertz CT molecular complexity index is 1640. The molecule has 2 bridgehead atoms. The fraction of sp³-hybridized carbons (Fsp3) is 0.310. The number of nitrogen functional groups attached to an aromatic ring is 1. The van der Waals surface area contributed by atoms with Crippen LogP contribution in [0.15, 0.2) is 55.0 Å². The topological polar surface area (TPSA) is 132 Å². The minimum absolute atomic E-state index is 0.150. The molecular formula is C29H28N8O2. The van der Waals surface area contributed by atoms with E-state index in [4.69, 9.17) is 17.3 Å². The van der Waals surface area contributed by atoms with E-state index in [1.807, 2.05) is 41.8 Å². The number of amides is 2. The lowest BCUT2D eigenvalue weighted by Gasteiger charge is -2.27. The monoisotopic (exact) mass is 520 g/mol. The molecule has 2 aliphatic carbocycles. The second-order valence-corrected chi connectivity index (χ2v) is 10.7. The Morgan fingerprint density at radius 3 is 2.59 bits per heavy atom. The molecule has 2 saturated carbocycles. The van der Waals surface area contributed by atoms with Gasteiger partial charge in [0.2, 0.25) is 0 Å². The molecule has 2 fully saturated rings. The van der Waals surface area contributed by atoms with Crippen molar-refractivity contribution in [1.29, 1.82) is 0 Å². The van der Waals surface area contributed by atoms with E-state index in [0.717, 1.165) is 54.6 Å². The van der Waals surface area contributed by atoms with Crippen LogP contribution in [0, 0.1) is 13.5 Å². The molecule has 0 saturated heterocycles. The van der Waals surface area contributed by atoms with Gasteiger partial charge in [-0.2, -0.15) is 0 Å². The van der Waals surface area contributed by atoms with Gasteiger partial charge in [0.05, 0.1) is 0 Å². The minimum Gasteiger partial charge on any atom is -0.382 e. The standard InChI is InChI=1S/C29H28N8O2/c1-18-7-12-32-21(15-18)34-26(39)20-5-3-19(4-6-20)23-24-25(30)33-13-14-37(24)27(35-23)28-8-10-29(17-28,11-9-28)36-22(38)16-31-2/h3-7,12-15H,8-11,16-17H2,1H3,(H2,30,33)(H,36,38)(H,32,34,39). The summed E-state index contributed by atoms with van der Waals surface area (Å²) in [5.74, 6) is 1.33. The number of aromatic nitrogens is 4. The zero-order valence-corrected chi connectivity index (χ0v) is 21.6. The Kier molecular flexibility index (Phi) is 5.79. The molecule has 0 atom stereocenters. The van der Waals surface area contributed by atoms with E-state index in [9.17, 15) is 9.59 Å². The molecule has 3 heterocycles. The van der Waals surface area contributed by atoms with Crippen molar-refractivity contribution < 1.29 is 9.59 Å². The van der Waals surface area contributed by atoms with Crippen LogP contribution in [0.4, 0.5) is 11.6 Å². The first-order chi connectivity index (χ1) is 18.8. The maximum Gasteiger partial charge on any atom is 0.300 e. The zero-order chi connectivity index (χ0) is 27.2. The highest BCUT2D eigenvalue weighted by Gasteiger charge is 2.57. The number of hydrogen-bond acceptors (Lipinski definition) is 6. The van der Waals surface area contributed by atoms with Crippen molar-refractivity contribution in [2.45, 2.75) is 50.0 Å². The van der Waals surface area contributed by atoms with Crippen LogP contribution in [-0.2, 0) is 10.2 Å². The second-order valence-electron chi connectivity index (χ2n) is 10.7. The van der Waals surface area contributed by atoms with Crippen LogP contribution in [-0.4, -0.2) is 43.3 Å². The average Bonchev–Trinajstić information content (AvgIpc) is 3.60. The third-order valence-corrected chi connectivity index (χ3v) is 8.10. The smallest absolute Gasteiger partial charge is 0.300 e. The van der Waals surface area contributed by atoms with Gasteiger partial charge in [0.15, 0.2) is 0 Å². The first-order valence-corrected chi connectivity index (χ1v) is 12.9. The number of fused-ring (bicyclic) bond motifs is 3. The normalized spacial score (nSPS) is 21.5. The molecule has 2 amide bonds. The van der Waals surface area contributed by atoms with E-state index in [-0.39, 0.29) is 29.3 Å². The summed E-state index contributed by atoms with van der Waals surface area (Å²) < 4.78 is 2.03. The van der Waals surface area contributed by atoms with E-state index < -0.39 is 0 Å². The van der Waals surface area contributed by atoms with E-state index in [1.165, 1.54) is 0 Å². The van der Waals surface area contributed by atoms with Crippen molar-refractivity contribution in [3.63, 3.8) is 0 Å². The maximum absolute atomic E-state index is 12.8. The van der Waals surface area contributed by atoms with Crippen molar-refractivity contribution in [2.75, 3.05) is 17.6 Å². The summed E-state index contributed by atoms with van der Waals surface area (Å²) in [6.45, 7) is 8.80. The van der Waals surface area contributed by atoms with Crippen LogP contribution < -0.4 is 16.4 Å². The number of imidazole rings is 1. The van der Waals surface area contributed by atoms with E-state index >= 15 is 0 Å². The predicted molar refractivity (Wildman–Crippen MR) is 147 cm³/mol. The summed E-state index contributed by atoms with van der Waals surface area (Å²) in [6, 6.07) is 11.0. The number of nitrogens with zero attached hydrogens (tertiary/aromatic N) is 5. The molecule has 4 N–H and O–H groups in total. The fourth-order valence-electron chi connectivity index (χ4n) is 6.30. The number of pyridine rings is 1. The van der Waals surface area contributed by atoms with Gasteiger partial charge in [-0.25, -0.2) is 21.5 Å². The molecule has 0 unspecified atom stereocenters. The number of nitrogens with two attached hydrogens (primary N) is 1. The molecule has 39 heavy (non-hydrogen) atoms. The maximum atomic E-state index is 12.8. The van der Waals surface area contributed by atoms with Gasteiger partial charge in [-0.05, 0) is 68.9 Å². The van der Waals surface area contributed by atoms with Crippen LogP contribution in [0.3, 0.4) is 0 Å². The largest absolute Gasteiger partial charge is 0.382 e. The van der Waals surface area contributed by atoms with Gasteiger partial charge in [-0.15, -0.1) is 0 Å². The quantitative estimate of drug-likeness (QED) is 0.330. The average molecular weight is 521 g/mol. The Hall–Kier alpha value is -4.78. The number of aryl methyl sites for hydroxylation is 1. The minimum atomic E-state index is -0.298. The Morgan fingerprint density at radius 1 is 1.10 bits per heavy atom. The number of hydrogen-bond donors (Lipinski definition) is 3. The summed E-state index contributed by atoms with van der Waals surface area (Å²) >= 11 is 0. The van der Waals surface area contributed by atoms with Crippen LogP contribution >= 0.6 is 0 Å². The molecule has 3 aromatic heterocycles. The molecule has 4 aromatic rings. The highest BCUT2D eigenvalue weighted by Crippen LogP contribution is 2.57. The van der Waals surface area contributed by atoms with E-state index in [0.29, 0.717) is 22.9 Å². The molecular weight excluding hydrogens is 492 g/mol. The van der Waals surface area contributed by atoms with Crippen molar-refractivity contribution in [3.05, 3.63) is 83.4 Å². The zero-order valence-electron chi connectivity index (χ0n) is 21.6. The first kappa shape index (κ1) is 24.6. The van der Waals surface area contributed by atoms with Crippen molar-refractivity contribution >= 4 is 29.0 Å². The Balaban J connectivity index is 1.32. The van der Waals surface area contributed by atoms with Gasteiger partial charge in [-0.3, -0.25) is 14.0 Å². The Labute approximate surface area is 225 Å². The van der Waals surface area contributed by atoms with Crippen LogP contribution in [0.1, 0.15) is 53.8 Å². The van der Waals surface area contributed by atoms with Gasteiger partial charge < -0.3 is 21.2 Å². The van der Waals surface area contributed by atoms with Crippen LogP contribution in [0.5, 0.6) is 0 Å². The molecule has 1 aromatic carbocycles. The first-order valence-electron chi connectivity index (χ1n) is 12.9. The van der Waals surface area contributed by atoms with Gasteiger partial charge >= 0.3 is 5.91 Å². The number of carbonyl (C=O) groups is 2. The molecule has 10 heteroatoms. The van der Waals surface area contributed by atoms with Crippen molar-refractivity contribution in [3.8, 4) is 11.3 Å². The predicted octanol–water partition coefficient (Wildman–Crippen LogP) is 3.92. The van der Waals surface area contributed by atoms with Gasteiger partial charge in [0, 0.05) is 40.7 Å². The fourth-order valence-corrected chi connectivity index (χ4v) is 6.30. The molecule has 0 spiro atoms.